The molecule has 0 aliphatic carbocycles. The highest BCUT2D eigenvalue weighted by molar-refractivity contribution is 7.66. The number of halogens is 1. The van der Waals surface area contributed by atoms with Crippen LogP contribution in [-0.2, 0) is 0 Å². The highest BCUT2D eigenvalue weighted by Gasteiger charge is 2.27. The zero-order valence-corrected chi connectivity index (χ0v) is 22.7. The first-order chi connectivity index (χ1) is 14.5. The molecule has 2 aromatic carbocycles. The zero-order chi connectivity index (χ0) is 24.5. The van der Waals surface area contributed by atoms with Crippen molar-refractivity contribution in [2.75, 3.05) is 0 Å². The normalized spacial score (nSPS) is 12.8. The summed E-state index contributed by atoms with van der Waals surface area (Å²) in [6.07, 6.45) is 0. The molecule has 0 saturated carbocycles. The van der Waals surface area contributed by atoms with E-state index < -0.39 is 16.8 Å². The third kappa shape index (κ3) is 7.98. The van der Waals surface area contributed by atoms with Crippen LogP contribution in [-0.4, -0.2) is 22.3 Å². The molecule has 0 spiro atoms. The monoisotopic (exact) mass is 478 g/mol. The smallest absolute Gasteiger partial charge is 0.187 e. The van der Waals surface area contributed by atoms with Crippen molar-refractivity contribution in [1.29, 1.82) is 0 Å². The van der Waals surface area contributed by atoms with Gasteiger partial charge in [-0.2, -0.15) is 0 Å². The summed E-state index contributed by atoms with van der Waals surface area (Å²) in [5.74, 6) is 1.79. The maximum atomic E-state index is 13.4. The Kier molecular flexibility index (Phi) is 7.95. The third-order valence-corrected chi connectivity index (χ3v) is 5.52. The van der Waals surface area contributed by atoms with E-state index >= 15 is 0 Å². The van der Waals surface area contributed by atoms with Gasteiger partial charge in [-0.3, -0.25) is 4.79 Å². The minimum atomic E-state index is -0.470. The summed E-state index contributed by atoms with van der Waals surface area (Å²) in [6, 6.07) is 9.18. The lowest BCUT2D eigenvalue weighted by Gasteiger charge is -2.29. The Bertz CT molecular complexity index is 922. The number of hydrogen-bond donors (Lipinski definition) is 0. The summed E-state index contributed by atoms with van der Waals surface area (Å²) in [7, 11) is -0.227. The molecule has 0 saturated heterocycles. The molecule has 0 aromatic heterocycles. The van der Waals surface area contributed by atoms with Crippen molar-refractivity contribution in [2.45, 2.75) is 86.0 Å². The van der Waals surface area contributed by atoms with Gasteiger partial charge in [0.15, 0.2) is 5.52 Å². The van der Waals surface area contributed by atoms with Gasteiger partial charge in [-0.15, -0.1) is 0 Å². The van der Waals surface area contributed by atoms with Crippen molar-refractivity contribution in [3.63, 3.8) is 0 Å². The minimum Gasteiger partial charge on any atom is -0.488 e. The molecule has 0 aliphatic heterocycles. The molecule has 0 amide bonds. The molecule has 0 radical (unpaired) electrons. The molecule has 2 rings (SSSR count). The van der Waals surface area contributed by atoms with Crippen LogP contribution in [0, 0.1) is 6.92 Å². The second-order valence-corrected chi connectivity index (χ2v) is 12.4. The van der Waals surface area contributed by atoms with Crippen LogP contribution in [0.25, 0.3) is 0 Å². The SMILES string of the molecule is Cc1cccc(Cl)c1C(=O)Pc1c(OC(C)(C)C)cc(OC(C)(C)C)cc1OC(C)(C)C. The lowest BCUT2D eigenvalue weighted by molar-refractivity contribution is 0.107. The number of hydrogen-bond acceptors (Lipinski definition) is 4. The highest BCUT2D eigenvalue weighted by atomic mass is 35.5. The van der Waals surface area contributed by atoms with Crippen molar-refractivity contribution in [1.82, 2.24) is 0 Å². The van der Waals surface area contributed by atoms with Gasteiger partial charge in [0.2, 0.25) is 0 Å². The van der Waals surface area contributed by atoms with Crippen molar-refractivity contribution in [2.24, 2.45) is 0 Å². The standard InChI is InChI=1S/C26H36ClO4P/c1-16-12-11-13-18(27)21(16)23(28)32-22-19(30-25(5,6)7)14-17(29-24(2,3)4)15-20(22)31-26(8,9)10/h11-15,32H,1-10H3. The molecule has 1 atom stereocenters. The average Bonchev–Trinajstić information content (AvgIpc) is 2.53. The largest absolute Gasteiger partial charge is 0.488 e. The minimum absolute atomic E-state index is 0.0601. The second-order valence-electron chi connectivity index (χ2n) is 10.8. The molecule has 32 heavy (non-hydrogen) atoms. The fourth-order valence-corrected chi connectivity index (χ4v) is 4.58. The molecule has 4 nitrogen and oxygen atoms in total. The molecule has 0 fully saturated rings. The first kappa shape index (κ1) is 26.5. The van der Waals surface area contributed by atoms with Crippen molar-refractivity contribution in [3.8, 4) is 17.2 Å². The molecule has 6 heteroatoms. The Morgan fingerprint density at radius 2 is 1.28 bits per heavy atom. The van der Waals surface area contributed by atoms with Crippen LogP contribution in [0.2, 0.25) is 5.02 Å². The topological polar surface area (TPSA) is 44.8 Å². The molecule has 0 heterocycles. The Balaban J connectivity index is 2.66. The van der Waals surface area contributed by atoms with Crippen LogP contribution in [0.4, 0.5) is 0 Å². The van der Waals surface area contributed by atoms with Gasteiger partial charge in [0.25, 0.3) is 0 Å². The van der Waals surface area contributed by atoms with Crippen LogP contribution in [0.3, 0.4) is 0 Å². The predicted octanol–water partition coefficient (Wildman–Crippen LogP) is 7.32. The fraction of sp³-hybridized carbons (Fsp3) is 0.500. The molecule has 0 bridgehead atoms. The van der Waals surface area contributed by atoms with E-state index in [0.717, 1.165) is 5.56 Å². The maximum absolute atomic E-state index is 13.4. The molecule has 2 aromatic rings. The molecule has 1 unspecified atom stereocenters. The summed E-state index contributed by atoms with van der Waals surface area (Å²) in [5, 5.41) is 1.16. The number of benzene rings is 2. The van der Waals surface area contributed by atoms with E-state index in [1.807, 2.05) is 93.5 Å². The van der Waals surface area contributed by atoms with Crippen LogP contribution in [0.1, 0.15) is 78.2 Å². The third-order valence-electron chi connectivity index (χ3n) is 3.98. The Labute approximate surface area is 199 Å². The number of ether oxygens (including phenoxy) is 3. The molecule has 176 valence electrons. The summed E-state index contributed by atoms with van der Waals surface area (Å²) < 4.78 is 18.7. The lowest BCUT2D eigenvalue weighted by atomic mass is 10.1. The quantitative estimate of drug-likeness (QED) is 0.408. The van der Waals surface area contributed by atoms with Crippen LogP contribution in [0.15, 0.2) is 30.3 Å². The van der Waals surface area contributed by atoms with E-state index in [9.17, 15) is 4.79 Å². The first-order valence-corrected chi connectivity index (χ1v) is 12.1. The van der Waals surface area contributed by atoms with Crippen molar-refractivity contribution < 1.29 is 19.0 Å². The van der Waals surface area contributed by atoms with Gasteiger partial charge in [-0.05, 0) is 89.4 Å². The van der Waals surface area contributed by atoms with E-state index in [1.165, 1.54) is 0 Å². The average molecular weight is 479 g/mol. The van der Waals surface area contributed by atoms with Gasteiger partial charge in [0.05, 0.1) is 10.3 Å². The number of carbonyl (C=O) groups is 1. The van der Waals surface area contributed by atoms with Crippen molar-refractivity contribution >= 4 is 31.0 Å². The maximum Gasteiger partial charge on any atom is 0.187 e. The Hall–Kier alpha value is -1.77. The summed E-state index contributed by atoms with van der Waals surface area (Å²) >= 11 is 6.38. The van der Waals surface area contributed by atoms with Crippen LogP contribution < -0.4 is 19.5 Å². The van der Waals surface area contributed by atoms with Gasteiger partial charge in [-0.1, -0.05) is 23.7 Å². The van der Waals surface area contributed by atoms with E-state index in [-0.39, 0.29) is 14.1 Å². The summed E-state index contributed by atoms with van der Waals surface area (Å²) in [5.41, 5.74) is -0.0174. The highest BCUT2D eigenvalue weighted by Crippen LogP contribution is 2.39. The zero-order valence-electron chi connectivity index (χ0n) is 20.9. The Morgan fingerprint density at radius 3 is 1.69 bits per heavy atom. The summed E-state index contributed by atoms with van der Waals surface area (Å²) in [4.78, 5) is 13.4. The lowest BCUT2D eigenvalue weighted by Crippen LogP contribution is -2.29. The van der Waals surface area contributed by atoms with Gasteiger partial charge in [-0.25, -0.2) is 0 Å². The van der Waals surface area contributed by atoms with Crippen LogP contribution in [0.5, 0.6) is 17.2 Å². The number of aryl methyl sites for hydroxylation is 1. The fourth-order valence-electron chi connectivity index (χ4n) is 3.02. The molecular weight excluding hydrogens is 443 g/mol. The number of rotatable bonds is 6. The predicted molar refractivity (Wildman–Crippen MR) is 136 cm³/mol. The van der Waals surface area contributed by atoms with Gasteiger partial charge >= 0.3 is 0 Å². The van der Waals surface area contributed by atoms with Gasteiger partial charge in [0, 0.05) is 17.7 Å². The van der Waals surface area contributed by atoms with E-state index in [2.05, 4.69) is 0 Å². The van der Waals surface area contributed by atoms with Crippen LogP contribution >= 0.6 is 20.2 Å². The molecule has 0 aliphatic rings. The van der Waals surface area contributed by atoms with E-state index in [0.29, 0.717) is 33.1 Å². The molecule has 0 N–H and O–H groups in total. The van der Waals surface area contributed by atoms with E-state index in [4.69, 9.17) is 25.8 Å². The van der Waals surface area contributed by atoms with E-state index in [1.54, 1.807) is 6.07 Å². The van der Waals surface area contributed by atoms with Gasteiger partial charge < -0.3 is 14.2 Å². The first-order valence-electron chi connectivity index (χ1n) is 10.8. The molecular formula is C26H36ClO4P. The van der Waals surface area contributed by atoms with Gasteiger partial charge in [0.1, 0.15) is 34.1 Å². The second kappa shape index (κ2) is 9.61. The summed E-state index contributed by atoms with van der Waals surface area (Å²) in [6.45, 7) is 19.7. The Morgan fingerprint density at radius 1 is 0.812 bits per heavy atom. The number of carbonyl (C=O) groups excluding carboxylic acids is 1. The van der Waals surface area contributed by atoms with Crippen molar-refractivity contribution in [3.05, 3.63) is 46.5 Å².